The van der Waals surface area contributed by atoms with Gasteiger partial charge < -0.3 is 14.6 Å². The van der Waals surface area contributed by atoms with Gasteiger partial charge in [-0.15, -0.1) is 0 Å². The Bertz CT molecular complexity index is 822. The van der Waals surface area contributed by atoms with E-state index in [4.69, 9.17) is 9.72 Å². The largest absolute Gasteiger partial charge is 0.365 e. The molecule has 2 saturated heterocycles. The van der Waals surface area contributed by atoms with Crippen LogP contribution in [-0.4, -0.2) is 46.1 Å². The quantitative estimate of drug-likeness (QED) is 0.804. The van der Waals surface area contributed by atoms with Crippen LogP contribution in [0.1, 0.15) is 83.3 Å². The predicted octanol–water partition coefficient (Wildman–Crippen LogP) is 2.83. The lowest BCUT2D eigenvalue weighted by Crippen LogP contribution is -2.54. The number of nitrogens with zero attached hydrogens (tertiary/aromatic N) is 2. The number of hydrogen-bond acceptors (Lipinski definition) is 4. The van der Waals surface area contributed by atoms with Crippen molar-refractivity contribution in [3.05, 3.63) is 27.4 Å². The molecule has 1 amide bonds. The summed E-state index contributed by atoms with van der Waals surface area (Å²) in [7, 11) is 0. The lowest BCUT2D eigenvalue weighted by molar-refractivity contribution is -0.163. The van der Waals surface area contributed by atoms with Crippen molar-refractivity contribution >= 4 is 5.91 Å². The van der Waals surface area contributed by atoms with Crippen molar-refractivity contribution in [2.75, 3.05) is 19.7 Å². The lowest BCUT2D eigenvalue weighted by Gasteiger charge is -2.43. The van der Waals surface area contributed by atoms with Gasteiger partial charge in [0.1, 0.15) is 11.4 Å². The second-order valence-corrected chi connectivity index (χ2v) is 10.1. The molecule has 6 heteroatoms. The van der Waals surface area contributed by atoms with Gasteiger partial charge >= 0.3 is 0 Å². The van der Waals surface area contributed by atoms with Crippen LogP contribution in [0, 0.1) is 0 Å². The average molecular weight is 388 g/mol. The van der Waals surface area contributed by atoms with E-state index in [1.807, 2.05) is 11.8 Å². The van der Waals surface area contributed by atoms with Crippen molar-refractivity contribution in [2.45, 2.75) is 89.1 Å². The average Bonchev–Trinajstić information content (AvgIpc) is 3.01. The molecule has 0 bridgehead atoms. The third-order valence-electron chi connectivity index (χ3n) is 7.01. The number of H-pyrrole nitrogens is 1. The third-order valence-corrected chi connectivity index (χ3v) is 7.01. The summed E-state index contributed by atoms with van der Waals surface area (Å²) in [6, 6.07) is 0. The van der Waals surface area contributed by atoms with E-state index in [1.54, 1.807) is 0 Å². The van der Waals surface area contributed by atoms with Gasteiger partial charge in [-0.25, -0.2) is 4.98 Å². The molecule has 1 spiro atoms. The molecule has 1 aliphatic carbocycles. The summed E-state index contributed by atoms with van der Waals surface area (Å²) in [4.78, 5) is 35.7. The fourth-order valence-corrected chi connectivity index (χ4v) is 5.07. The van der Waals surface area contributed by atoms with Crippen LogP contribution in [0.4, 0.5) is 0 Å². The zero-order chi connectivity index (χ0) is 20.2. The highest BCUT2D eigenvalue weighted by molar-refractivity contribution is 5.85. The number of hydrogen-bond donors (Lipinski definition) is 1. The minimum atomic E-state index is -0.662. The molecule has 1 aromatic heterocycles. The zero-order valence-corrected chi connectivity index (χ0v) is 17.7. The van der Waals surface area contributed by atoms with Crippen LogP contribution in [0.25, 0.3) is 0 Å². The first-order valence-electron chi connectivity index (χ1n) is 10.7. The first-order valence-corrected chi connectivity index (χ1v) is 10.7. The number of rotatable bonds is 1. The molecule has 6 nitrogen and oxygen atoms in total. The molecule has 1 atom stereocenters. The second kappa shape index (κ2) is 6.68. The van der Waals surface area contributed by atoms with E-state index in [-0.39, 0.29) is 22.3 Å². The van der Waals surface area contributed by atoms with Gasteiger partial charge in [-0.3, -0.25) is 9.59 Å². The molecule has 0 aromatic carbocycles. The van der Waals surface area contributed by atoms with Crippen molar-refractivity contribution in [1.82, 2.24) is 14.9 Å². The second-order valence-electron chi connectivity index (χ2n) is 10.1. The van der Waals surface area contributed by atoms with Gasteiger partial charge in [-0.2, -0.15) is 0 Å². The van der Waals surface area contributed by atoms with Crippen molar-refractivity contribution in [1.29, 1.82) is 0 Å². The molecular weight excluding hydrogens is 354 g/mol. The SMILES string of the molecule is CC1(C(=O)N2CCC3(CCc4c3nc(C(C)(C)C)[nH]c4=O)CC2)CCCCO1. The molecule has 2 fully saturated rings. The Morgan fingerprint density at radius 1 is 1.14 bits per heavy atom. The third kappa shape index (κ3) is 3.19. The molecule has 1 unspecified atom stereocenters. The first-order chi connectivity index (χ1) is 13.1. The van der Waals surface area contributed by atoms with Gasteiger partial charge in [-0.1, -0.05) is 20.8 Å². The van der Waals surface area contributed by atoms with Gasteiger partial charge in [0.15, 0.2) is 0 Å². The predicted molar refractivity (Wildman–Crippen MR) is 108 cm³/mol. The van der Waals surface area contributed by atoms with Gasteiger partial charge in [0.25, 0.3) is 11.5 Å². The summed E-state index contributed by atoms with van der Waals surface area (Å²) in [5.41, 5.74) is 0.957. The Morgan fingerprint density at radius 2 is 1.86 bits per heavy atom. The summed E-state index contributed by atoms with van der Waals surface area (Å²) in [5, 5.41) is 0. The molecule has 154 valence electrons. The van der Waals surface area contributed by atoms with Crippen LogP contribution in [0.2, 0.25) is 0 Å². The maximum absolute atomic E-state index is 13.1. The molecular formula is C22H33N3O3. The normalized spacial score (nSPS) is 27.1. The summed E-state index contributed by atoms with van der Waals surface area (Å²) < 4.78 is 5.87. The van der Waals surface area contributed by atoms with E-state index >= 15 is 0 Å². The number of aromatic amines is 1. The zero-order valence-electron chi connectivity index (χ0n) is 17.7. The minimum Gasteiger partial charge on any atom is -0.365 e. The van der Waals surface area contributed by atoms with Crippen LogP contribution in [0.3, 0.4) is 0 Å². The van der Waals surface area contributed by atoms with Crippen molar-refractivity contribution in [2.24, 2.45) is 0 Å². The number of fused-ring (bicyclic) bond motifs is 2. The molecule has 4 rings (SSSR count). The first kappa shape index (κ1) is 19.6. The smallest absolute Gasteiger partial charge is 0.254 e. The monoisotopic (exact) mass is 387 g/mol. The van der Waals surface area contributed by atoms with Crippen LogP contribution in [0.5, 0.6) is 0 Å². The van der Waals surface area contributed by atoms with Gasteiger partial charge in [-0.05, 0) is 51.9 Å². The van der Waals surface area contributed by atoms with E-state index in [0.29, 0.717) is 6.61 Å². The molecule has 28 heavy (non-hydrogen) atoms. The molecule has 3 heterocycles. The Labute approximate surface area is 167 Å². The van der Waals surface area contributed by atoms with Crippen molar-refractivity contribution in [3.63, 3.8) is 0 Å². The highest BCUT2D eigenvalue weighted by Crippen LogP contribution is 2.45. The van der Waals surface area contributed by atoms with Crippen molar-refractivity contribution < 1.29 is 9.53 Å². The summed E-state index contributed by atoms with van der Waals surface area (Å²) in [6.45, 7) is 10.3. The van der Waals surface area contributed by atoms with Crippen LogP contribution < -0.4 is 5.56 Å². The molecule has 0 radical (unpaired) electrons. The minimum absolute atomic E-state index is 0.0217. The Morgan fingerprint density at radius 3 is 2.46 bits per heavy atom. The Hall–Kier alpha value is -1.69. The van der Waals surface area contributed by atoms with Crippen LogP contribution in [-0.2, 0) is 26.8 Å². The van der Waals surface area contributed by atoms with Crippen molar-refractivity contribution in [3.8, 4) is 0 Å². The Kier molecular flexibility index (Phi) is 4.68. The molecule has 1 aromatic rings. The van der Waals surface area contributed by atoms with E-state index in [2.05, 4.69) is 25.8 Å². The lowest BCUT2D eigenvalue weighted by atomic mass is 9.75. The van der Waals surface area contributed by atoms with E-state index in [9.17, 15) is 9.59 Å². The van der Waals surface area contributed by atoms with Crippen LogP contribution >= 0.6 is 0 Å². The van der Waals surface area contributed by atoms with Crippen LogP contribution in [0.15, 0.2) is 4.79 Å². The number of aromatic nitrogens is 2. The highest BCUT2D eigenvalue weighted by Gasteiger charge is 2.47. The molecule has 3 aliphatic rings. The molecule has 1 N–H and O–H groups in total. The fraction of sp³-hybridized carbons (Fsp3) is 0.773. The van der Waals surface area contributed by atoms with Gasteiger partial charge in [0.2, 0.25) is 0 Å². The number of carbonyl (C=O) groups is 1. The van der Waals surface area contributed by atoms with Gasteiger partial charge in [0.05, 0.1) is 5.69 Å². The summed E-state index contributed by atoms with van der Waals surface area (Å²) in [6.07, 6.45) is 6.40. The number of carbonyl (C=O) groups excluding carboxylic acids is 1. The fourth-order valence-electron chi connectivity index (χ4n) is 5.07. The summed E-state index contributed by atoms with van der Waals surface area (Å²) in [5.74, 6) is 0.897. The standard InChI is InChI=1S/C22H33N3O3/c1-20(2,3)18-23-16-15(17(26)24-18)7-9-22(16)10-12-25(13-11-22)19(27)21(4)8-5-6-14-28-21/h5-14H2,1-4H3,(H,23,24,26). The number of ether oxygens (including phenoxy) is 1. The number of piperidine rings is 1. The molecule has 0 saturated carbocycles. The number of amides is 1. The van der Waals surface area contributed by atoms with E-state index in [0.717, 1.165) is 75.1 Å². The number of likely N-dealkylation sites (tertiary alicyclic amines) is 1. The maximum Gasteiger partial charge on any atom is 0.254 e. The topological polar surface area (TPSA) is 75.3 Å². The molecule has 2 aliphatic heterocycles. The number of nitrogens with one attached hydrogen (secondary N) is 1. The highest BCUT2D eigenvalue weighted by atomic mass is 16.5. The van der Waals surface area contributed by atoms with E-state index in [1.165, 1.54) is 0 Å². The Balaban J connectivity index is 1.55. The van der Waals surface area contributed by atoms with E-state index < -0.39 is 5.60 Å². The maximum atomic E-state index is 13.1. The van der Waals surface area contributed by atoms with Gasteiger partial charge in [0, 0.05) is 36.1 Å². The summed E-state index contributed by atoms with van der Waals surface area (Å²) >= 11 is 0.